The van der Waals surface area contributed by atoms with Crippen molar-refractivity contribution in [3.63, 3.8) is 0 Å². The molecule has 8 heteroatoms. The molecule has 0 radical (unpaired) electrons. The Morgan fingerprint density at radius 2 is 2.04 bits per heavy atom. The third-order valence-corrected chi connectivity index (χ3v) is 4.25. The first-order chi connectivity index (χ1) is 11.1. The Morgan fingerprint density at radius 1 is 1.42 bits per heavy atom. The Kier molecular flexibility index (Phi) is 7.32. The maximum Gasteiger partial charge on any atom is 0.390 e. The molecular formula is C16H23ClF3N3O. The lowest BCUT2D eigenvalue weighted by molar-refractivity contribution is -0.140. The highest BCUT2D eigenvalue weighted by Gasteiger charge is 2.37. The number of hydrogen-bond donors (Lipinski definition) is 1. The zero-order valence-corrected chi connectivity index (χ0v) is 15.1. The van der Waals surface area contributed by atoms with Crippen molar-refractivity contribution in [2.24, 2.45) is 4.99 Å². The van der Waals surface area contributed by atoms with Crippen LogP contribution in [0.5, 0.6) is 0 Å². The molecule has 1 N–H and O–H groups in total. The molecule has 1 fully saturated rings. The summed E-state index contributed by atoms with van der Waals surface area (Å²) in [4.78, 5) is 17.9. The minimum atomic E-state index is -4.31. The molecule has 1 heterocycles. The van der Waals surface area contributed by atoms with E-state index in [4.69, 9.17) is 11.6 Å². The van der Waals surface area contributed by atoms with Gasteiger partial charge in [-0.2, -0.15) is 13.2 Å². The Balaban J connectivity index is 3.32. The Morgan fingerprint density at radius 3 is 2.50 bits per heavy atom. The molecule has 1 atom stereocenters. The number of carbonyl (C=O) groups excluding carboxylic acids is 1. The van der Waals surface area contributed by atoms with Crippen LogP contribution in [0.3, 0.4) is 0 Å². The van der Waals surface area contributed by atoms with Crippen molar-refractivity contribution >= 4 is 23.3 Å². The average Bonchev–Trinajstić information content (AvgIpc) is 2.52. The second-order valence-corrected chi connectivity index (χ2v) is 5.89. The SMILES string of the molecule is C/C=C1/NC(=O)C(CC)N(CCC(F)(F)F)/C1=N/C(Cl)=C(\C)CC. The molecule has 136 valence electrons. The van der Waals surface area contributed by atoms with Crippen molar-refractivity contribution in [1.29, 1.82) is 0 Å². The number of amides is 1. The number of hydrogen-bond acceptors (Lipinski definition) is 2. The number of rotatable bonds is 5. The summed E-state index contributed by atoms with van der Waals surface area (Å²) in [6, 6.07) is -0.707. The van der Waals surface area contributed by atoms with Gasteiger partial charge in [0.25, 0.3) is 0 Å². The van der Waals surface area contributed by atoms with Crippen molar-refractivity contribution in [3.05, 3.63) is 22.5 Å². The lowest BCUT2D eigenvalue weighted by Gasteiger charge is -2.38. The number of piperazine rings is 1. The van der Waals surface area contributed by atoms with Gasteiger partial charge in [0.1, 0.15) is 11.2 Å². The van der Waals surface area contributed by atoms with Gasteiger partial charge in [0.15, 0.2) is 5.84 Å². The molecule has 1 rings (SSSR count). The van der Waals surface area contributed by atoms with Crippen molar-refractivity contribution in [1.82, 2.24) is 10.2 Å². The number of nitrogens with one attached hydrogen (secondary N) is 1. The molecule has 0 aromatic rings. The standard InChI is InChI=1S/C16H23ClF3N3O/c1-5-10(4)13(17)22-14-11(6-2)21-15(24)12(7-3)23(14)9-8-16(18,19)20/h6,12H,5,7-9H2,1-4H3,(H,21,24)/b11-6+,13-10+,22-14+. The van der Waals surface area contributed by atoms with Crippen LogP contribution in [0.2, 0.25) is 0 Å². The molecule has 1 amide bonds. The number of amidine groups is 1. The summed E-state index contributed by atoms with van der Waals surface area (Å²) in [5.74, 6) is -0.0648. The molecule has 1 saturated heterocycles. The summed E-state index contributed by atoms with van der Waals surface area (Å²) in [6.07, 6.45) is -2.69. The van der Waals surface area contributed by atoms with Gasteiger partial charge in [0, 0.05) is 6.54 Å². The monoisotopic (exact) mass is 365 g/mol. The molecular weight excluding hydrogens is 343 g/mol. The van der Waals surface area contributed by atoms with E-state index in [9.17, 15) is 18.0 Å². The summed E-state index contributed by atoms with van der Waals surface area (Å²) in [6.45, 7) is 6.80. The van der Waals surface area contributed by atoms with Crippen molar-refractivity contribution in [2.45, 2.75) is 59.2 Å². The van der Waals surface area contributed by atoms with E-state index >= 15 is 0 Å². The molecule has 0 bridgehead atoms. The van der Waals surface area contributed by atoms with Crippen LogP contribution in [0.4, 0.5) is 13.2 Å². The maximum atomic E-state index is 12.7. The number of nitrogens with zero attached hydrogens (tertiary/aromatic N) is 2. The summed E-state index contributed by atoms with van der Waals surface area (Å²) >= 11 is 6.17. The van der Waals surface area contributed by atoms with Crippen LogP contribution < -0.4 is 5.32 Å². The highest BCUT2D eigenvalue weighted by molar-refractivity contribution is 6.30. The van der Waals surface area contributed by atoms with Crippen molar-refractivity contribution in [2.75, 3.05) is 6.54 Å². The van der Waals surface area contributed by atoms with Crippen LogP contribution in [-0.2, 0) is 4.79 Å². The zero-order valence-electron chi connectivity index (χ0n) is 14.3. The molecule has 0 aromatic heterocycles. The topological polar surface area (TPSA) is 44.7 Å². The van der Waals surface area contributed by atoms with Crippen LogP contribution in [-0.4, -0.2) is 35.4 Å². The molecule has 0 aliphatic carbocycles. The highest BCUT2D eigenvalue weighted by Crippen LogP contribution is 2.25. The fourth-order valence-corrected chi connectivity index (χ4v) is 2.50. The normalized spacial score (nSPS) is 23.6. The average molecular weight is 366 g/mol. The van der Waals surface area contributed by atoms with Gasteiger partial charge in [-0.25, -0.2) is 4.99 Å². The minimum Gasteiger partial charge on any atom is -0.342 e. The highest BCUT2D eigenvalue weighted by atomic mass is 35.5. The van der Waals surface area contributed by atoms with Crippen LogP contribution >= 0.6 is 11.6 Å². The number of allylic oxidation sites excluding steroid dienone is 2. The van der Waals surface area contributed by atoms with Gasteiger partial charge in [-0.05, 0) is 32.3 Å². The van der Waals surface area contributed by atoms with Crippen LogP contribution in [0.15, 0.2) is 27.5 Å². The van der Waals surface area contributed by atoms with E-state index in [-0.39, 0.29) is 23.4 Å². The second kappa shape index (κ2) is 8.55. The minimum absolute atomic E-state index is 0.231. The summed E-state index contributed by atoms with van der Waals surface area (Å²) in [7, 11) is 0. The van der Waals surface area contributed by atoms with Gasteiger partial charge >= 0.3 is 6.18 Å². The summed E-state index contributed by atoms with van der Waals surface area (Å²) in [5, 5.41) is 2.93. The first kappa shape index (κ1) is 20.5. The molecule has 0 aromatic carbocycles. The predicted molar refractivity (Wildman–Crippen MR) is 89.6 cm³/mol. The molecule has 1 aliphatic heterocycles. The largest absolute Gasteiger partial charge is 0.390 e. The number of alkyl halides is 3. The van der Waals surface area contributed by atoms with Crippen LogP contribution in [0.25, 0.3) is 0 Å². The first-order valence-corrected chi connectivity index (χ1v) is 8.27. The van der Waals surface area contributed by atoms with Crippen LogP contribution in [0.1, 0.15) is 47.0 Å². The Hall–Kier alpha value is -1.50. The quantitative estimate of drug-likeness (QED) is 0.737. The van der Waals surface area contributed by atoms with E-state index in [0.717, 1.165) is 5.57 Å². The van der Waals surface area contributed by atoms with E-state index < -0.39 is 18.6 Å². The number of carbonyl (C=O) groups is 1. The van der Waals surface area contributed by atoms with E-state index in [1.165, 1.54) is 4.90 Å². The zero-order chi connectivity index (χ0) is 18.5. The lowest BCUT2D eigenvalue weighted by atomic mass is 10.1. The Bertz CT molecular complexity index is 567. The van der Waals surface area contributed by atoms with E-state index in [1.807, 2.05) is 6.92 Å². The van der Waals surface area contributed by atoms with Gasteiger partial charge in [0.2, 0.25) is 5.91 Å². The molecule has 1 aliphatic rings. The predicted octanol–water partition coefficient (Wildman–Crippen LogP) is 4.33. The fraction of sp³-hybridized carbons (Fsp3) is 0.625. The lowest BCUT2D eigenvalue weighted by Crippen LogP contribution is -2.57. The van der Waals surface area contributed by atoms with Crippen LogP contribution in [0, 0.1) is 0 Å². The molecule has 4 nitrogen and oxygen atoms in total. The number of halogens is 4. The molecule has 24 heavy (non-hydrogen) atoms. The van der Waals surface area contributed by atoms with Gasteiger partial charge in [-0.3, -0.25) is 4.79 Å². The summed E-state index contributed by atoms with van der Waals surface area (Å²) in [5.41, 5.74) is 1.19. The molecule has 1 unspecified atom stereocenters. The van der Waals surface area contributed by atoms with E-state index in [0.29, 0.717) is 18.5 Å². The van der Waals surface area contributed by atoms with Crippen molar-refractivity contribution in [3.8, 4) is 0 Å². The molecule has 0 spiro atoms. The van der Waals surface area contributed by atoms with Gasteiger partial charge in [0.05, 0.1) is 12.1 Å². The third-order valence-electron chi connectivity index (χ3n) is 3.85. The first-order valence-electron chi connectivity index (χ1n) is 7.89. The van der Waals surface area contributed by atoms with Gasteiger partial charge < -0.3 is 10.2 Å². The maximum absolute atomic E-state index is 12.7. The summed E-state index contributed by atoms with van der Waals surface area (Å²) < 4.78 is 38.0. The van der Waals surface area contributed by atoms with Gasteiger partial charge in [-0.15, -0.1) is 0 Å². The van der Waals surface area contributed by atoms with Gasteiger partial charge in [-0.1, -0.05) is 31.5 Å². The van der Waals surface area contributed by atoms with Crippen molar-refractivity contribution < 1.29 is 18.0 Å². The Labute approximate surface area is 145 Å². The smallest absolute Gasteiger partial charge is 0.342 e. The molecule has 0 saturated carbocycles. The fourth-order valence-electron chi connectivity index (χ4n) is 2.29. The van der Waals surface area contributed by atoms with E-state index in [2.05, 4.69) is 10.3 Å². The number of aliphatic imine (C=N–C) groups is 1. The van der Waals surface area contributed by atoms with E-state index in [1.54, 1.807) is 26.8 Å². The second-order valence-electron chi connectivity index (χ2n) is 5.53. The third kappa shape index (κ3) is 5.26.